The quantitative estimate of drug-likeness (QED) is 0.580. The van der Waals surface area contributed by atoms with Crippen LogP contribution in [-0.2, 0) is 20.4 Å². The molecule has 27 heavy (non-hydrogen) atoms. The lowest BCUT2D eigenvalue weighted by Crippen LogP contribution is -2.42. The number of carbonyl (C=O) groups is 2. The summed E-state index contributed by atoms with van der Waals surface area (Å²) in [5.74, 6) is -4.43. The second-order valence-electron chi connectivity index (χ2n) is 6.11. The molecule has 1 aromatic rings. The summed E-state index contributed by atoms with van der Waals surface area (Å²) in [6, 6.07) is 0.967. The van der Waals surface area contributed by atoms with Gasteiger partial charge in [-0.15, -0.1) is 0 Å². The van der Waals surface area contributed by atoms with Crippen molar-refractivity contribution in [2.75, 3.05) is 18.6 Å². The van der Waals surface area contributed by atoms with Gasteiger partial charge in [-0.2, -0.15) is 0 Å². The first-order valence-corrected chi connectivity index (χ1v) is 9.72. The summed E-state index contributed by atoms with van der Waals surface area (Å²) in [5.41, 5.74) is 1.10. The van der Waals surface area contributed by atoms with E-state index in [9.17, 15) is 27.0 Å². The number of halogens is 3. The number of hydrogen-bond acceptors (Lipinski definition) is 4. The zero-order valence-corrected chi connectivity index (χ0v) is 16.0. The van der Waals surface area contributed by atoms with Crippen LogP contribution in [0.4, 0.5) is 13.2 Å². The molecule has 2 atom stereocenters. The van der Waals surface area contributed by atoms with Crippen LogP contribution in [0.1, 0.15) is 26.0 Å². The van der Waals surface area contributed by atoms with Crippen molar-refractivity contribution in [3.63, 3.8) is 0 Å². The summed E-state index contributed by atoms with van der Waals surface area (Å²) >= 11 is 0. The van der Waals surface area contributed by atoms with Crippen molar-refractivity contribution in [3.8, 4) is 0 Å². The lowest BCUT2D eigenvalue weighted by Gasteiger charge is -2.25. The summed E-state index contributed by atoms with van der Waals surface area (Å²) in [6.45, 7) is 2.29. The Morgan fingerprint density at radius 3 is 2.56 bits per heavy atom. The molecule has 0 aliphatic heterocycles. The van der Waals surface area contributed by atoms with Gasteiger partial charge in [-0.1, -0.05) is 0 Å². The van der Waals surface area contributed by atoms with E-state index in [0.29, 0.717) is 18.1 Å². The summed E-state index contributed by atoms with van der Waals surface area (Å²) < 4.78 is 51.9. The van der Waals surface area contributed by atoms with Crippen LogP contribution in [0.15, 0.2) is 23.9 Å². The van der Waals surface area contributed by atoms with E-state index in [-0.39, 0.29) is 30.8 Å². The van der Waals surface area contributed by atoms with Crippen molar-refractivity contribution >= 4 is 28.7 Å². The Hall–Kier alpha value is -2.23. The smallest absolute Gasteiger partial charge is 0.265 e. The topological polar surface area (TPSA) is 88.2 Å². The van der Waals surface area contributed by atoms with E-state index in [0.717, 1.165) is 12.3 Å². The molecule has 10 heteroatoms. The predicted molar refractivity (Wildman–Crippen MR) is 97.0 cm³/mol. The molecule has 0 radical (unpaired) electrons. The molecule has 150 valence electrons. The Balaban J connectivity index is 3.15. The highest BCUT2D eigenvalue weighted by atomic mass is 32.2. The number of amides is 2. The minimum Gasteiger partial charge on any atom is -0.352 e. The first-order valence-electron chi connectivity index (χ1n) is 7.99. The fraction of sp³-hybridized carbons (Fsp3) is 0.471. The molecule has 1 heterocycles. The van der Waals surface area contributed by atoms with Crippen molar-refractivity contribution in [1.82, 2.24) is 15.6 Å². The van der Waals surface area contributed by atoms with Gasteiger partial charge >= 0.3 is 0 Å². The summed E-state index contributed by atoms with van der Waals surface area (Å²) in [5, 5.41) is 4.64. The number of aromatic nitrogens is 1. The van der Waals surface area contributed by atoms with Crippen LogP contribution >= 0.6 is 0 Å². The zero-order chi connectivity index (χ0) is 20.6. The Morgan fingerprint density at radius 1 is 1.41 bits per heavy atom. The summed E-state index contributed by atoms with van der Waals surface area (Å²) in [7, 11) is -1.31. The molecule has 0 fully saturated rings. The van der Waals surface area contributed by atoms with Gasteiger partial charge < -0.3 is 10.6 Å². The molecule has 0 saturated carbocycles. The monoisotopic (exact) mass is 405 g/mol. The molecule has 1 aromatic heterocycles. The average Bonchev–Trinajstić information content (AvgIpc) is 2.56. The third-order valence-corrected chi connectivity index (χ3v) is 4.39. The van der Waals surface area contributed by atoms with E-state index in [2.05, 4.69) is 15.6 Å². The molecule has 0 aliphatic rings. The van der Waals surface area contributed by atoms with Crippen LogP contribution in [0.25, 0.3) is 5.57 Å². The maximum Gasteiger partial charge on any atom is 0.265 e. The first kappa shape index (κ1) is 22.8. The summed E-state index contributed by atoms with van der Waals surface area (Å²) in [4.78, 5) is 26.3. The molecule has 0 saturated heterocycles. The molecule has 1 rings (SSSR count). The van der Waals surface area contributed by atoms with Gasteiger partial charge in [-0.3, -0.25) is 18.8 Å². The Morgan fingerprint density at radius 2 is 2.07 bits per heavy atom. The highest BCUT2D eigenvalue weighted by Crippen LogP contribution is 2.29. The van der Waals surface area contributed by atoms with Crippen LogP contribution in [0, 0.1) is 5.82 Å². The van der Waals surface area contributed by atoms with E-state index >= 15 is 0 Å². The van der Waals surface area contributed by atoms with E-state index in [1.165, 1.54) is 12.3 Å². The Labute approximate surface area is 158 Å². The highest BCUT2D eigenvalue weighted by Gasteiger charge is 2.35. The van der Waals surface area contributed by atoms with E-state index in [4.69, 9.17) is 0 Å². The third-order valence-electron chi connectivity index (χ3n) is 3.73. The van der Waals surface area contributed by atoms with Crippen molar-refractivity contribution in [2.45, 2.75) is 32.2 Å². The molecule has 0 aromatic carbocycles. The molecule has 0 spiro atoms. The van der Waals surface area contributed by atoms with Gasteiger partial charge in [-0.25, -0.2) is 13.2 Å². The molecule has 2 N–H and O–H groups in total. The van der Waals surface area contributed by atoms with Crippen LogP contribution in [-0.4, -0.2) is 52.0 Å². The molecule has 6 nitrogen and oxygen atoms in total. The number of rotatable bonds is 10. The van der Waals surface area contributed by atoms with Gasteiger partial charge in [0.25, 0.3) is 5.92 Å². The maximum atomic E-state index is 13.8. The fourth-order valence-electron chi connectivity index (χ4n) is 2.30. The predicted octanol–water partition coefficient (Wildman–Crippen LogP) is 1.65. The molecular weight excluding hydrogens is 383 g/mol. The second kappa shape index (κ2) is 10.2. The molecule has 0 aliphatic carbocycles. The van der Waals surface area contributed by atoms with Gasteiger partial charge in [-0.05, 0) is 30.2 Å². The maximum absolute atomic E-state index is 13.8. The number of pyridine rings is 1. The Bertz CT molecular complexity index is 718. The standard InChI is InChI=1S/C17H22F3N3O3S/c1-11(7-22-16(25)9-27(3)26)13(14-5-4-12(18)8-21-14)6-15(23-10-24)17(2,19)20/h4-5,8,10,15H,6-7,9H2,1-3H3,(H,22,25)(H,23,24)/b13-11-/t15-,27?/m1/s1. The highest BCUT2D eigenvalue weighted by molar-refractivity contribution is 7.85. The van der Waals surface area contributed by atoms with Crippen molar-refractivity contribution in [2.24, 2.45) is 0 Å². The minimum atomic E-state index is -3.21. The molecule has 0 bridgehead atoms. The molecule has 1 unspecified atom stereocenters. The van der Waals surface area contributed by atoms with E-state index in [1.54, 1.807) is 6.92 Å². The van der Waals surface area contributed by atoms with Gasteiger partial charge in [0, 0.05) is 36.9 Å². The lowest BCUT2D eigenvalue weighted by atomic mass is 9.94. The number of hydrogen-bond donors (Lipinski definition) is 2. The third kappa shape index (κ3) is 7.90. The summed E-state index contributed by atoms with van der Waals surface area (Å²) in [6.07, 6.45) is 2.25. The second-order valence-corrected chi connectivity index (χ2v) is 7.55. The normalized spacial score (nSPS) is 14.7. The number of alkyl halides is 2. The van der Waals surface area contributed by atoms with E-state index in [1.807, 2.05) is 0 Å². The van der Waals surface area contributed by atoms with Crippen LogP contribution in [0.3, 0.4) is 0 Å². The van der Waals surface area contributed by atoms with Crippen LogP contribution in [0.5, 0.6) is 0 Å². The van der Waals surface area contributed by atoms with Gasteiger partial charge in [0.15, 0.2) is 0 Å². The number of nitrogens with zero attached hydrogens (tertiary/aromatic N) is 1. The average molecular weight is 405 g/mol. The zero-order valence-electron chi connectivity index (χ0n) is 15.2. The van der Waals surface area contributed by atoms with Crippen LogP contribution < -0.4 is 10.6 Å². The largest absolute Gasteiger partial charge is 0.352 e. The van der Waals surface area contributed by atoms with Gasteiger partial charge in [0.2, 0.25) is 12.3 Å². The number of carbonyl (C=O) groups excluding carboxylic acids is 2. The fourth-order valence-corrected chi connectivity index (χ4v) is 2.77. The van der Waals surface area contributed by atoms with Gasteiger partial charge in [0.05, 0.1) is 17.9 Å². The number of nitrogens with one attached hydrogen (secondary N) is 2. The minimum absolute atomic E-state index is 0.00746. The van der Waals surface area contributed by atoms with Crippen molar-refractivity contribution in [1.29, 1.82) is 0 Å². The van der Waals surface area contributed by atoms with E-state index < -0.39 is 34.5 Å². The lowest BCUT2D eigenvalue weighted by molar-refractivity contribution is -0.118. The van der Waals surface area contributed by atoms with Crippen molar-refractivity contribution < 1.29 is 27.0 Å². The van der Waals surface area contributed by atoms with Crippen molar-refractivity contribution in [3.05, 3.63) is 35.4 Å². The first-order chi connectivity index (χ1) is 12.5. The molecule has 2 amide bonds. The van der Waals surface area contributed by atoms with Gasteiger partial charge in [0.1, 0.15) is 11.6 Å². The molecular formula is C17H22F3N3O3S. The SMILES string of the molecule is C/C(CNC(=O)CS(C)=O)=C(\C[C@@H](NC=O)C(C)(F)F)c1ccc(F)cn1. The Kier molecular flexibility index (Phi) is 8.61. The van der Waals surface area contributed by atoms with Crippen LogP contribution in [0.2, 0.25) is 0 Å².